The first-order valence-electron chi connectivity index (χ1n) is 7.20. The quantitative estimate of drug-likeness (QED) is 0.581. The first-order valence-corrected chi connectivity index (χ1v) is 7.20. The Balaban J connectivity index is 2.25. The molecule has 0 saturated carbocycles. The van der Waals surface area contributed by atoms with Crippen molar-refractivity contribution in [2.45, 2.75) is 38.8 Å². The van der Waals surface area contributed by atoms with Gasteiger partial charge in [-0.15, -0.1) is 0 Å². The molecular weight excluding hydrogens is 260 g/mol. The molecule has 116 valence electrons. The lowest BCUT2D eigenvalue weighted by molar-refractivity contribution is -0.123. The first kappa shape index (κ1) is 16.9. The van der Waals surface area contributed by atoms with E-state index in [1.54, 1.807) is 0 Å². The summed E-state index contributed by atoms with van der Waals surface area (Å²) in [7, 11) is 0. The zero-order valence-electron chi connectivity index (χ0n) is 12.4. The number of imide groups is 1. The molecule has 4 N–H and O–H groups in total. The normalized spacial score (nSPS) is 21.2. The molecule has 0 aliphatic carbocycles. The van der Waals surface area contributed by atoms with Gasteiger partial charge in [0.05, 0.1) is 19.3 Å². The third-order valence-electron chi connectivity index (χ3n) is 3.20. The van der Waals surface area contributed by atoms with Crippen LogP contribution in [0.2, 0.25) is 0 Å². The largest absolute Gasteiger partial charge is 0.374 e. The van der Waals surface area contributed by atoms with Crippen molar-refractivity contribution >= 4 is 11.9 Å². The maximum Gasteiger partial charge on any atom is 0.321 e. The molecule has 1 fully saturated rings. The number of urea groups is 1. The Bertz CT molecular complexity index is 323. The van der Waals surface area contributed by atoms with E-state index in [9.17, 15) is 9.59 Å². The van der Waals surface area contributed by atoms with Crippen LogP contribution in [0.4, 0.5) is 4.79 Å². The predicted octanol–water partition coefficient (Wildman–Crippen LogP) is -0.340. The van der Waals surface area contributed by atoms with Crippen molar-refractivity contribution in [3.8, 4) is 0 Å². The number of unbranched alkanes of at least 4 members (excludes halogenated alkanes) is 1. The van der Waals surface area contributed by atoms with E-state index in [0.29, 0.717) is 26.2 Å². The molecule has 0 radical (unpaired) electrons. The molecule has 7 heteroatoms. The van der Waals surface area contributed by atoms with E-state index in [4.69, 9.17) is 10.5 Å². The number of rotatable bonds is 6. The summed E-state index contributed by atoms with van der Waals surface area (Å²) in [6.45, 7) is 6.54. The van der Waals surface area contributed by atoms with E-state index in [0.717, 1.165) is 12.8 Å². The lowest BCUT2D eigenvalue weighted by Gasteiger charge is -2.34. The van der Waals surface area contributed by atoms with Crippen molar-refractivity contribution in [1.29, 1.82) is 0 Å². The van der Waals surface area contributed by atoms with Crippen molar-refractivity contribution in [2.24, 2.45) is 5.73 Å². The third kappa shape index (κ3) is 6.31. The number of carbonyl (C=O) groups excluding carboxylic acids is 2. The minimum Gasteiger partial charge on any atom is -0.374 e. The van der Waals surface area contributed by atoms with E-state index >= 15 is 0 Å². The number of ether oxygens (including phenoxy) is 1. The van der Waals surface area contributed by atoms with Gasteiger partial charge < -0.3 is 15.8 Å². The highest BCUT2D eigenvalue weighted by molar-refractivity contribution is 5.95. The van der Waals surface area contributed by atoms with Gasteiger partial charge in [0.2, 0.25) is 5.91 Å². The van der Waals surface area contributed by atoms with Crippen molar-refractivity contribution in [3.63, 3.8) is 0 Å². The van der Waals surface area contributed by atoms with Crippen LogP contribution < -0.4 is 16.4 Å². The van der Waals surface area contributed by atoms with Crippen LogP contribution in [-0.4, -0.2) is 61.8 Å². The van der Waals surface area contributed by atoms with Crippen LogP contribution in [0.5, 0.6) is 0 Å². The van der Waals surface area contributed by atoms with Crippen LogP contribution in [0, 0.1) is 0 Å². The van der Waals surface area contributed by atoms with Gasteiger partial charge in [0, 0.05) is 25.7 Å². The van der Waals surface area contributed by atoms with E-state index in [2.05, 4.69) is 10.6 Å². The Morgan fingerprint density at radius 2 is 2.25 bits per heavy atom. The Labute approximate surface area is 120 Å². The highest BCUT2D eigenvalue weighted by atomic mass is 16.5. The van der Waals surface area contributed by atoms with E-state index in [-0.39, 0.29) is 24.6 Å². The van der Waals surface area contributed by atoms with Gasteiger partial charge in [0.1, 0.15) is 0 Å². The number of carbonyl (C=O) groups is 2. The molecule has 0 aromatic carbocycles. The van der Waals surface area contributed by atoms with Crippen molar-refractivity contribution in [1.82, 2.24) is 15.5 Å². The summed E-state index contributed by atoms with van der Waals surface area (Å²) in [5.74, 6) is -0.302. The van der Waals surface area contributed by atoms with Crippen LogP contribution in [-0.2, 0) is 9.53 Å². The van der Waals surface area contributed by atoms with Gasteiger partial charge in [0.25, 0.3) is 0 Å². The Kier molecular flexibility index (Phi) is 7.50. The smallest absolute Gasteiger partial charge is 0.321 e. The second kappa shape index (κ2) is 8.89. The molecule has 1 saturated heterocycles. The van der Waals surface area contributed by atoms with Gasteiger partial charge in [0.15, 0.2) is 0 Å². The summed E-state index contributed by atoms with van der Waals surface area (Å²) in [6, 6.07) is -0.501. The molecule has 1 heterocycles. The lowest BCUT2D eigenvalue weighted by atomic mass is 10.1. The van der Waals surface area contributed by atoms with E-state index in [1.807, 2.05) is 18.7 Å². The van der Waals surface area contributed by atoms with Crippen molar-refractivity contribution in [3.05, 3.63) is 0 Å². The maximum atomic E-state index is 11.7. The number of hydrogen-bond donors (Lipinski definition) is 3. The molecular formula is C13H26N4O3. The fraction of sp³-hybridized carbons (Fsp3) is 0.846. The molecule has 0 aromatic heterocycles. The topological polar surface area (TPSA) is 96.7 Å². The summed E-state index contributed by atoms with van der Waals surface area (Å²) in [4.78, 5) is 25.1. The zero-order valence-corrected chi connectivity index (χ0v) is 12.4. The van der Waals surface area contributed by atoms with Gasteiger partial charge in [-0.1, -0.05) is 13.3 Å². The summed E-state index contributed by atoms with van der Waals surface area (Å²) < 4.78 is 5.52. The number of amides is 3. The summed E-state index contributed by atoms with van der Waals surface area (Å²) in [6.07, 6.45) is 1.84. The van der Waals surface area contributed by atoms with E-state index in [1.165, 1.54) is 0 Å². The maximum absolute atomic E-state index is 11.7. The van der Waals surface area contributed by atoms with Gasteiger partial charge in [-0.05, 0) is 13.3 Å². The molecule has 2 unspecified atom stereocenters. The Morgan fingerprint density at radius 3 is 2.90 bits per heavy atom. The summed E-state index contributed by atoms with van der Waals surface area (Å²) in [5.41, 5.74) is 5.79. The first-order chi connectivity index (χ1) is 9.52. The fourth-order valence-corrected chi connectivity index (χ4v) is 1.99. The second-order valence-corrected chi connectivity index (χ2v) is 5.16. The summed E-state index contributed by atoms with van der Waals surface area (Å²) >= 11 is 0. The average Bonchev–Trinajstić information content (AvgIpc) is 2.39. The molecule has 20 heavy (non-hydrogen) atoms. The summed E-state index contributed by atoms with van der Waals surface area (Å²) in [5, 5.41) is 4.97. The SMILES string of the molecule is CCCCNC(=O)NC(=O)CN1CCOC(C(C)N)C1. The average molecular weight is 286 g/mol. The number of morpholine rings is 1. The minimum absolute atomic E-state index is 0.0602. The highest BCUT2D eigenvalue weighted by Gasteiger charge is 2.24. The number of nitrogens with zero attached hydrogens (tertiary/aromatic N) is 1. The third-order valence-corrected chi connectivity index (χ3v) is 3.20. The molecule has 0 bridgehead atoms. The molecule has 0 aromatic rings. The Hall–Kier alpha value is -1.18. The second-order valence-electron chi connectivity index (χ2n) is 5.16. The van der Waals surface area contributed by atoms with Gasteiger partial charge >= 0.3 is 6.03 Å². The molecule has 3 amide bonds. The number of hydrogen-bond acceptors (Lipinski definition) is 5. The van der Waals surface area contributed by atoms with Crippen LogP contribution in [0.25, 0.3) is 0 Å². The number of nitrogens with one attached hydrogen (secondary N) is 2. The molecule has 1 aliphatic heterocycles. The molecule has 1 rings (SSSR count). The molecule has 7 nitrogen and oxygen atoms in total. The fourth-order valence-electron chi connectivity index (χ4n) is 1.99. The molecule has 0 spiro atoms. The minimum atomic E-state index is -0.430. The molecule has 1 aliphatic rings. The van der Waals surface area contributed by atoms with Crippen LogP contribution in [0.1, 0.15) is 26.7 Å². The van der Waals surface area contributed by atoms with Crippen LogP contribution >= 0.6 is 0 Å². The Morgan fingerprint density at radius 1 is 1.50 bits per heavy atom. The van der Waals surface area contributed by atoms with Gasteiger partial charge in [-0.3, -0.25) is 15.0 Å². The van der Waals surface area contributed by atoms with Crippen molar-refractivity contribution < 1.29 is 14.3 Å². The van der Waals surface area contributed by atoms with Crippen LogP contribution in [0.3, 0.4) is 0 Å². The molecule has 2 atom stereocenters. The predicted molar refractivity (Wildman–Crippen MR) is 76.3 cm³/mol. The lowest BCUT2D eigenvalue weighted by Crippen LogP contribution is -2.52. The van der Waals surface area contributed by atoms with Gasteiger partial charge in [-0.2, -0.15) is 0 Å². The highest BCUT2D eigenvalue weighted by Crippen LogP contribution is 2.07. The number of nitrogens with two attached hydrogens (primary N) is 1. The van der Waals surface area contributed by atoms with Crippen molar-refractivity contribution in [2.75, 3.05) is 32.8 Å². The monoisotopic (exact) mass is 286 g/mol. The van der Waals surface area contributed by atoms with Crippen LogP contribution in [0.15, 0.2) is 0 Å². The standard InChI is InChI=1S/C13H26N4O3/c1-3-4-5-15-13(19)16-12(18)9-17-6-7-20-11(8-17)10(2)14/h10-11H,3-9,14H2,1-2H3,(H2,15,16,18,19). The van der Waals surface area contributed by atoms with Gasteiger partial charge in [-0.25, -0.2) is 4.79 Å². The van der Waals surface area contributed by atoms with E-state index < -0.39 is 6.03 Å². The zero-order chi connectivity index (χ0) is 15.0.